The minimum Gasteiger partial charge on any atom is -0.488 e. The Hall–Kier alpha value is -2.02. The quantitative estimate of drug-likeness (QED) is 0.702. The number of benzene rings is 1. The number of rotatable bonds is 2. The third-order valence-electron chi connectivity index (χ3n) is 3.76. The van der Waals surface area contributed by atoms with Gasteiger partial charge < -0.3 is 18.8 Å². The normalized spacial score (nSPS) is 17.8. The first kappa shape index (κ1) is 17.8. The first-order chi connectivity index (χ1) is 11.7. The Labute approximate surface area is 153 Å². The van der Waals surface area contributed by atoms with Gasteiger partial charge in [-0.15, -0.1) is 0 Å². The summed E-state index contributed by atoms with van der Waals surface area (Å²) in [6.07, 6.45) is 0.279. The van der Waals surface area contributed by atoms with Crippen molar-refractivity contribution in [2.24, 2.45) is 0 Å². The summed E-state index contributed by atoms with van der Waals surface area (Å²) in [5.41, 5.74) is -0.477. The molecule has 1 atom stereocenters. The van der Waals surface area contributed by atoms with E-state index in [1.165, 1.54) is 0 Å². The van der Waals surface area contributed by atoms with E-state index in [4.69, 9.17) is 13.9 Å². The zero-order valence-electron chi connectivity index (χ0n) is 14.4. The standard InChI is InChI=1S/C18H20BrNO5/c1-18(2,3)25-17(22)20-7-6-13(10-20)23-12-5-4-11-8-14(19)16(21)24-15(11)9-12/h4-5,8-9,13H,6-7,10H2,1-3H3. The summed E-state index contributed by atoms with van der Waals surface area (Å²) in [6, 6.07) is 7.06. The number of amides is 1. The fourth-order valence-electron chi connectivity index (χ4n) is 2.65. The Bertz CT molecular complexity index is 855. The van der Waals surface area contributed by atoms with Crippen molar-refractivity contribution in [2.75, 3.05) is 13.1 Å². The van der Waals surface area contributed by atoms with Gasteiger partial charge in [0, 0.05) is 24.4 Å². The molecule has 0 radical (unpaired) electrons. The lowest BCUT2D eigenvalue weighted by molar-refractivity contribution is 0.0275. The van der Waals surface area contributed by atoms with Crippen LogP contribution in [0.4, 0.5) is 4.79 Å². The van der Waals surface area contributed by atoms with Crippen LogP contribution >= 0.6 is 15.9 Å². The van der Waals surface area contributed by atoms with E-state index in [9.17, 15) is 9.59 Å². The number of fused-ring (bicyclic) bond motifs is 1. The molecule has 0 saturated carbocycles. The Balaban J connectivity index is 1.67. The topological polar surface area (TPSA) is 69.0 Å². The highest BCUT2D eigenvalue weighted by molar-refractivity contribution is 9.10. The van der Waals surface area contributed by atoms with Gasteiger partial charge in [0.2, 0.25) is 0 Å². The molecule has 1 aliphatic rings. The first-order valence-corrected chi connectivity index (χ1v) is 8.88. The van der Waals surface area contributed by atoms with Crippen molar-refractivity contribution in [1.29, 1.82) is 0 Å². The predicted molar refractivity (Wildman–Crippen MR) is 97.0 cm³/mol. The smallest absolute Gasteiger partial charge is 0.410 e. The Morgan fingerprint density at radius 3 is 2.80 bits per heavy atom. The van der Waals surface area contributed by atoms with Gasteiger partial charge in [-0.3, -0.25) is 0 Å². The van der Waals surface area contributed by atoms with Crippen molar-refractivity contribution >= 4 is 33.0 Å². The number of carbonyl (C=O) groups is 1. The summed E-state index contributed by atoms with van der Waals surface area (Å²) < 4.78 is 17.0. The van der Waals surface area contributed by atoms with Gasteiger partial charge in [-0.1, -0.05) is 0 Å². The molecule has 2 heterocycles. The van der Waals surface area contributed by atoms with Gasteiger partial charge in [0.1, 0.15) is 27.5 Å². The Kier molecular flexibility index (Phi) is 4.77. The minimum absolute atomic E-state index is 0.118. The number of hydrogen-bond acceptors (Lipinski definition) is 5. The van der Waals surface area contributed by atoms with Gasteiger partial charge in [-0.25, -0.2) is 9.59 Å². The lowest BCUT2D eigenvalue weighted by atomic mass is 10.2. The molecule has 1 aromatic carbocycles. The van der Waals surface area contributed by atoms with Crippen molar-refractivity contribution in [3.8, 4) is 5.75 Å². The van der Waals surface area contributed by atoms with Crippen LogP contribution in [-0.4, -0.2) is 35.8 Å². The molecule has 0 N–H and O–H groups in total. The zero-order chi connectivity index (χ0) is 18.2. The first-order valence-electron chi connectivity index (χ1n) is 8.09. The van der Waals surface area contributed by atoms with E-state index in [1.54, 1.807) is 17.0 Å². The Morgan fingerprint density at radius 1 is 1.32 bits per heavy atom. The van der Waals surface area contributed by atoms with E-state index in [0.717, 1.165) is 11.8 Å². The summed E-state index contributed by atoms with van der Waals surface area (Å²) in [5, 5.41) is 0.806. The zero-order valence-corrected chi connectivity index (χ0v) is 16.0. The van der Waals surface area contributed by atoms with Crippen LogP contribution in [0.2, 0.25) is 0 Å². The highest BCUT2D eigenvalue weighted by Gasteiger charge is 2.30. The number of halogens is 1. The molecule has 1 fully saturated rings. The number of carbonyl (C=O) groups excluding carboxylic acids is 1. The average molecular weight is 410 g/mol. The molecular weight excluding hydrogens is 390 g/mol. The van der Waals surface area contributed by atoms with Crippen LogP contribution in [0.25, 0.3) is 11.0 Å². The number of hydrogen-bond donors (Lipinski definition) is 0. The molecule has 134 valence electrons. The number of ether oxygens (including phenoxy) is 2. The molecule has 2 aromatic rings. The highest BCUT2D eigenvalue weighted by Crippen LogP contribution is 2.25. The van der Waals surface area contributed by atoms with E-state index in [0.29, 0.717) is 28.9 Å². The van der Waals surface area contributed by atoms with E-state index in [2.05, 4.69) is 15.9 Å². The molecule has 1 aromatic heterocycles. The average Bonchev–Trinajstić information content (AvgIpc) is 2.96. The summed E-state index contributed by atoms with van der Waals surface area (Å²) in [7, 11) is 0. The Morgan fingerprint density at radius 2 is 2.08 bits per heavy atom. The van der Waals surface area contributed by atoms with Gasteiger partial charge in [-0.05, 0) is 54.9 Å². The fraction of sp³-hybridized carbons (Fsp3) is 0.444. The van der Waals surface area contributed by atoms with Gasteiger partial charge >= 0.3 is 11.7 Å². The van der Waals surface area contributed by atoms with Crippen molar-refractivity contribution in [3.63, 3.8) is 0 Å². The second kappa shape index (κ2) is 6.71. The van der Waals surface area contributed by atoms with Crippen LogP contribution < -0.4 is 10.4 Å². The molecule has 6 nitrogen and oxygen atoms in total. The van der Waals surface area contributed by atoms with E-state index >= 15 is 0 Å². The summed E-state index contributed by atoms with van der Waals surface area (Å²) >= 11 is 3.16. The van der Waals surface area contributed by atoms with Gasteiger partial charge in [0.25, 0.3) is 0 Å². The SMILES string of the molecule is CC(C)(C)OC(=O)N1CCC(Oc2ccc3cc(Br)c(=O)oc3c2)C1. The fourth-order valence-corrected chi connectivity index (χ4v) is 2.98. The van der Waals surface area contributed by atoms with E-state index < -0.39 is 11.2 Å². The van der Waals surface area contributed by atoms with Crippen LogP contribution in [0.5, 0.6) is 5.75 Å². The van der Waals surface area contributed by atoms with Crippen molar-refractivity contribution < 1.29 is 18.7 Å². The van der Waals surface area contributed by atoms with Crippen LogP contribution in [0.3, 0.4) is 0 Å². The maximum Gasteiger partial charge on any atom is 0.410 e. The third kappa shape index (κ3) is 4.34. The molecule has 0 spiro atoms. The number of likely N-dealkylation sites (tertiary alicyclic amines) is 1. The van der Waals surface area contributed by atoms with Crippen molar-refractivity contribution in [2.45, 2.75) is 38.9 Å². The molecule has 7 heteroatoms. The molecule has 1 saturated heterocycles. The lowest BCUT2D eigenvalue weighted by Gasteiger charge is -2.24. The summed E-state index contributed by atoms with van der Waals surface area (Å²) in [6.45, 7) is 6.59. The molecule has 0 aliphatic carbocycles. The molecule has 0 bridgehead atoms. The summed E-state index contributed by atoms with van der Waals surface area (Å²) in [4.78, 5) is 25.4. The third-order valence-corrected chi connectivity index (χ3v) is 4.32. The van der Waals surface area contributed by atoms with Crippen LogP contribution in [0, 0.1) is 0 Å². The maximum absolute atomic E-state index is 12.1. The second-order valence-electron chi connectivity index (χ2n) is 7.04. The second-order valence-corrected chi connectivity index (χ2v) is 7.89. The molecule has 1 amide bonds. The van der Waals surface area contributed by atoms with Gasteiger partial charge in [-0.2, -0.15) is 0 Å². The largest absolute Gasteiger partial charge is 0.488 e. The monoisotopic (exact) mass is 409 g/mol. The van der Waals surface area contributed by atoms with Crippen LogP contribution in [-0.2, 0) is 4.74 Å². The van der Waals surface area contributed by atoms with Crippen molar-refractivity contribution in [3.05, 3.63) is 39.2 Å². The maximum atomic E-state index is 12.1. The molecule has 1 aliphatic heterocycles. The van der Waals surface area contributed by atoms with Gasteiger partial charge in [0.05, 0.1) is 6.54 Å². The highest BCUT2D eigenvalue weighted by atomic mass is 79.9. The number of nitrogens with zero attached hydrogens (tertiary/aromatic N) is 1. The van der Waals surface area contributed by atoms with Crippen LogP contribution in [0.1, 0.15) is 27.2 Å². The van der Waals surface area contributed by atoms with Crippen molar-refractivity contribution in [1.82, 2.24) is 4.90 Å². The molecular formula is C18H20BrNO5. The lowest BCUT2D eigenvalue weighted by Crippen LogP contribution is -2.36. The molecule has 1 unspecified atom stereocenters. The van der Waals surface area contributed by atoms with Crippen LogP contribution in [0.15, 0.2) is 37.9 Å². The van der Waals surface area contributed by atoms with E-state index in [1.807, 2.05) is 32.9 Å². The molecule has 25 heavy (non-hydrogen) atoms. The minimum atomic E-state index is -0.514. The van der Waals surface area contributed by atoms with E-state index in [-0.39, 0.29) is 12.2 Å². The predicted octanol–water partition coefficient (Wildman–Crippen LogP) is 3.94. The molecule has 3 rings (SSSR count). The van der Waals surface area contributed by atoms with Gasteiger partial charge in [0.15, 0.2) is 0 Å². The summed E-state index contributed by atoms with van der Waals surface area (Å²) in [5.74, 6) is 0.606.